The van der Waals surface area contributed by atoms with Gasteiger partial charge in [0.15, 0.2) is 9.84 Å². The molecule has 1 aromatic carbocycles. The number of aryl methyl sites for hydroxylation is 2. The first-order valence-electron chi connectivity index (χ1n) is 6.92. The molecule has 0 N–H and O–H groups in total. The molecule has 1 aliphatic heterocycles. The number of hydrogen-bond acceptors (Lipinski definition) is 5. The lowest BCUT2D eigenvalue weighted by Gasteiger charge is -2.25. The van der Waals surface area contributed by atoms with Gasteiger partial charge >= 0.3 is 0 Å². The minimum absolute atomic E-state index is 0.0293. The number of nitrogens with zero attached hydrogens (tertiary/aromatic N) is 1. The molecule has 1 fully saturated rings. The average Bonchev–Trinajstić information content (AvgIpc) is 2.76. The summed E-state index contributed by atoms with van der Waals surface area (Å²) in [6.07, 6.45) is 0.325. The third-order valence-corrected chi connectivity index (χ3v) is 7.81. The van der Waals surface area contributed by atoms with Crippen molar-refractivity contribution in [2.45, 2.75) is 31.2 Å². The van der Waals surface area contributed by atoms with Gasteiger partial charge in [0.1, 0.15) is 10.6 Å². The molecule has 1 heterocycles. The first-order valence-corrected chi connectivity index (χ1v) is 10.2. The number of sulfone groups is 1. The lowest BCUT2D eigenvalue weighted by molar-refractivity contribution is 0.379. The van der Waals surface area contributed by atoms with Gasteiger partial charge < -0.3 is 4.74 Å². The van der Waals surface area contributed by atoms with E-state index in [4.69, 9.17) is 4.74 Å². The highest BCUT2D eigenvalue weighted by Crippen LogP contribution is 2.33. The maximum Gasteiger partial charge on any atom is 0.247 e. The molecule has 22 heavy (non-hydrogen) atoms. The van der Waals surface area contributed by atoms with Crippen molar-refractivity contribution in [3.8, 4) is 5.75 Å². The number of ether oxygens (including phenoxy) is 1. The van der Waals surface area contributed by atoms with Crippen LogP contribution in [-0.4, -0.2) is 52.8 Å². The fourth-order valence-corrected chi connectivity index (χ4v) is 6.39. The van der Waals surface area contributed by atoms with Crippen molar-refractivity contribution < 1.29 is 21.6 Å². The number of sulfonamides is 1. The molecule has 0 spiro atoms. The molecule has 1 aliphatic rings. The summed E-state index contributed by atoms with van der Waals surface area (Å²) in [6.45, 7) is 3.57. The SMILES string of the molecule is COc1cc(C)cc(C)c1S(=O)(=O)N(C)C1CCS(=O)(=O)C1. The van der Waals surface area contributed by atoms with Gasteiger partial charge in [0, 0.05) is 13.1 Å². The second-order valence-corrected chi connectivity index (χ2v) is 9.85. The standard InChI is InChI=1S/C14H21NO5S2/c1-10-7-11(2)14(13(8-10)20-4)22(18,19)15(3)12-5-6-21(16,17)9-12/h7-8,12H,5-6,9H2,1-4H3. The van der Waals surface area contributed by atoms with E-state index < -0.39 is 25.9 Å². The molecule has 0 saturated carbocycles. The second-order valence-electron chi connectivity index (χ2n) is 5.69. The smallest absolute Gasteiger partial charge is 0.247 e. The van der Waals surface area contributed by atoms with E-state index in [1.807, 2.05) is 6.92 Å². The summed E-state index contributed by atoms with van der Waals surface area (Å²) >= 11 is 0. The lowest BCUT2D eigenvalue weighted by atomic mass is 10.1. The van der Waals surface area contributed by atoms with Crippen molar-refractivity contribution in [2.75, 3.05) is 25.7 Å². The Morgan fingerprint density at radius 2 is 1.91 bits per heavy atom. The maximum absolute atomic E-state index is 12.9. The van der Waals surface area contributed by atoms with E-state index in [9.17, 15) is 16.8 Å². The Bertz CT molecular complexity index is 784. The quantitative estimate of drug-likeness (QED) is 0.815. The van der Waals surface area contributed by atoms with Gasteiger partial charge in [-0.2, -0.15) is 4.31 Å². The highest BCUT2D eigenvalue weighted by Gasteiger charge is 2.38. The zero-order valence-electron chi connectivity index (χ0n) is 13.2. The number of methoxy groups -OCH3 is 1. The molecule has 0 amide bonds. The summed E-state index contributed by atoms with van der Waals surface area (Å²) in [5.74, 6) is 0.183. The third-order valence-electron chi connectivity index (χ3n) is 3.96. The molecule has 6 nitrogen and oxygen atoms in total. The Kier molecular flexibility index (Phi) is 4.56. The van der Waals surface area contributed by atoms with E-state index in [0.29, 0.717) is 12.0 Å². The molecule has 1 unspecified atom stereocenters. The van der Waals surface area contributed by atoms with E-state index in [2.05, 4.69) is 0 Å². The normalized spacial score (nSPS) is 21.2. The van der Waals surface area contributed by atoms with Crippen molar-refractivity contribution in [1.82, 2.24) is 4.31 Å². The Hall–Kier alpha value is -1.12. The van der Waals surface area contributed by atoms with Crippen LogP contribution >= 0.6 is 0 Å². The Morgan fingerprint density at radius 1 is 1.27 bits per heavy atom. The number of benzene rings is 1. The summed E-state index contributed by atoms with van der Waals surface area (Å²) in [7, 11) is -4.12. The van der Waals surface area contributed by atoms with Crippen LogP contribution in [0.3, 0.4) is 0 Å². The highest BCUT2D eigenvalue weighted by molar-refractivity contribution is 7.92. The molecule has 0 bridgehead atoms. The average molecular weight is 347 g/mol. The van der Waals surface area contributed by atoms with Gasteiger partial charge in [0.25, 0.3) is 0 Å². The van der Waals surface area contributed by atoms with Gasteiger partial charge in [-0.15, -0.1) is 0 Å². The summed E-state index contributed by atoms with van der Waals surface area (Å²) in [5, 5.41) is 0. The van der Waals surface area contributed by atoms with Crippen molar-refractivity contribution in [1.29, 1.82) is 0 Å². The van der Waals surface area contributed by atoms with Gasteiger partial charge in [0.05, 0.1) is 18.6 Å². The minimum Gasteiger partial charge on any atom is -0.495 e. The molecule has 0 aromatic heterocycles. The van der Waals surface area contributed by atoms with Crippen LogP contribution in [0.1, 0.15) is 17.5 Å². The Labute approximate surface area is 132 Å². The van der Waals surface area contributed by atoms with Gasteiger partial charge in [-0.25, -0.2) is 16.8 Å². The summed E-state index contributed by atoms with van der Waals surface area (Å²) in [4.78, 5) is 0.104. The zero-order valence-corrected chi connectivity index (χ0v) is 14.8. The molecular formula is C14H21NO5S2. The van der Waals surface area contributed by atoms with E-state index in [1.54, 1.807) is 19.1 Å². The topological polar surface area (TPSA) is 80.8 Å². The fourth-order valence-electron chi connectivity index (χ4n) is 2.80. The molecule has 0 aliphatic carbocycles. The van der Waals surface area contributed by atoms with Crippen molar-refractivity contribution in [2.24, 2.45) is 0 Å². The summed E-state index contributed by atoms with van der Waals surface area (Å²) in [6, 6.07) is 2.91. The summed E-state index contributed by atoms with van der Waals surface area (Å²) in [5.41, 5.74) is 1.49. The molecule has 1 atom stereocenters. The van der Waals surface area contributed by atoms with Crippen LogP contribution in [-0.2, 0) is 19.9 Å². The number of rotatable bonds is 4. The zero-order chi connectivity index (χ0) is 16.7. The molecule has 2 rings (SSSR count). The molecule has 1 aromatic rings. The van der Waals surface area contributed by atoms with Crippen LogP contribution in [0.4, 0.5) is 0 Å². The largest absolute Gasteiger partial charge is 0.495 e. The van der Waals surface area contributed by atoms with Crippen molar-refractivity contribution in [3.05, 3.63) is 23.3 Å². The number of hydrogen-bond donors (Lipinski definition) is 0. The van der Waals surface area contributed by atoms with Crippen LogP contribution in [0.25, 0.3) is 0 Å². The van der Waals surface area contributed by atoms with Crippen LogP contribution in [0.2, 0.25) is 0 Å². The lowest BCUT2D eigenvalue weighted by Crippen LogP contribution is -2.38. The van der Waals surface area contributed by atoms with E-state index in [-0.39, 0.29) is 22.2 Å². The van der Waals surface area contributed by atoms with Gasteiger partial charge in [0.2, 0.25) is 10.0 Å². The van der Waals surface area contributed by atoms with Gasteiger partial charge in [-0.1, -0.05) is 6.07 Å². The van der Waals surface area contributed by atoms with Crippen molar-refractivity contribution >= 4 is 19.9 Å². The highest BCUT2D eigenvalue weighted by atomic mass is 32.2. The van der Waals surface area contributed by atoms with Crippen LogP contribution in [0.15, 0.2) is 17.0 Å². The molecule has 1 saturated heterocycles. The minimum atomic E-state index is -3.82. The van der Waals surface area contributed by atoms with Gasteiger partial charge in [-0.05, 0) is 37.5 Å². The molecule has 8 heteroatoms. The monoisotopic (exact) mass is 347 g/mol. The maximum atomic E-state index is 12.9. The predicted octanol–water partition coefficient (Wildman–Crippen LogP) is 1.12. The van der Waals surface area contributed by atoms with E-state index in [0.717, 1.165) is 9.87 Å². The Morgan fingerprint density at radius 3 is 2.41 bits per heavy atom. The molecule has 124 valence electrons. The van der Waals surface area contributed by atoms with Gasteiger partial charge in [-0.3, -0.25) is 0 Å². The predicted molar refractivity (Wildman–Crippen MR) is 84.5 cm³/mol. The van der Waals surface area contributed by atoms with Crippen molar-refractivity contribution in [3.63, 3.8) is 0 Å². The Balaban J connectivity index is 2.47. The summed E-state index contributed by atoms with van der Waals surface area (Å²) < 4.78 is 55.4. The van der Waals surface area contributed by atoms with E-state index >= 15 is 0 Å². The molecule has 0 radical (unpaired) electrons. The second kappa shape index (κ2) is 5.82. The molecular weight excluding hydrogens is 326 g/mol. The third kappa shape index (κ3) is 3.13. The van der Waals surface area contributed by atoms with Crippen LogP contribution in [0, 0.1) is 13.8 Å². The van der Waals surface area contributed by atoms with Crippen LogP contribution < -0.4 is 4.74 Å². The van der Waals surface area contributed by atoms with E-state index in [1.165, 1.54) is 14.2 Å². The van der Waals surface area contributed by atoms with Crippen LogP contribution in [0.5, 0.6) is 5.75 Å². The first-order chi connectivity index (χ1) is 10.1. The fraction of sp³-hybridized carbons (Fsp3) is 0.571. The first kappa shape index (κ1) is 17.2.